The lowest BCUT2D eigenvalue weighted by Crippen LogP contribution is -2.21. The van der Waals surface area contributed by atoms with Gasteiger partial charge in [0.15, 0.2) is 5.57 Å². The van der Waals surface area contributed by atoms with Gasteiger partial charge in [-0.1, -0.05) is 0 Å². The second-order valence-electron chi connectivity index (χ2n) is 2.96. The normalized spacial score (nSPS) is 9.28. The van der Waals surface area contributed by atoms with Crippen LogP contribution in [0.5, 0.6) is 0 Å². The molecule has 7 nitrogen and oxygen atoms in total. The Morgan fingerprint density at radius 3 is 1.89 bits per heavy atom. The molecular formula is C11H17NO6. The van der Waals surface area contributed by atoms with E-state index in [0.717, 1.165) is 6.08 Å². The third kappa shape index (κ3) is 6.00. The molecule has 0 fully saturated rings. The van der Waals surface area contributed by atoms with E-state index in [9.17, 15) is 14.4 Å². The van der Waals surface area contributed by atoms with Crippen molar-refractivity contribution in [3.63, 3.8) is 0 Å². The van der Waals surface area contributed by atoms with Crippen molar-refractivity contribution in [1.82, 2.24) is 0 Å². The summed E-state index contributed by atoms with van der Waals surface area (Å²) < 4.78 is 13.9. The molecule has 0 rings (SSSR count). The first kappa shape index (κ1) is 16.1. The fourth-order valence-corrected chi connectivity index (χ4v) is 0.938. The van der Waals surface area contributed by atoms with E-state index < -0.39 is 23.5 Å². The van der Waals surface area contributed by atoms with E-state index in [4.69, 9.17) is 5.73 Å². The van der Waals surface area contributed by atoms with E-state index in [1.807, 2.05) is 0 Å². The lowest BCUT2D eigenvalue weighted by molar-refractivity contribution is -0.148. The van der Waals surface area contributed by atoms with Gasteiger partial charge in [-0.05, 0) is 13.8 Å². The predicted octanol–water partition coefficient (Wildman–Crippen LogP) is -0.459. The van der Waals surface area contributed by atoms with Crippen molar-refractivity contribution < 1.29 is 28.6 Å². The van der Waals surface area contributed by atoms with Crippen molar-refractivity contribution >= 4 is 17.9 Å². The number of rotatable bonds is 7. The molecule has 0 heterocycles. The molecule has 0 radical (unpaired) electrons. The largest absolute Gasteiger partial charge is 0.462 e. The Hall–Kier alpha value is -1.89. The Labute approximate surface area is 105 Å². The zero-order valence-electron chi connectivity index (χ0n) is 10.4. The number of esters is 3. The van der Waals surface area contributed by atoms with Crippen LogP contribution in [0.15, 0.2) is 11.6 Å². The summed E-state index contributed by atoms with van der Waals surface area (Å²) in [5.74, 6) is -2.71. The van der Waals surface area contributed by atoms with Crippen molar-refractivity contribution in [1.29, 1.82) is 0 Å². The zero-order chi connectivity index (χ0) is 14.0. The van der Waals surface area contributed by atoms with E-state index in [1.165, 1.54) is 0 Å². The number of carbonyl (C=O) groups excluding carboxylic acids is 3. The highest BCUT2D eigenvalue weighted by atomic mass is 16.6. The molecule has 0 aliphatic heterocycles. The van der Waals surface area contributed by atoms with Gasteiger partial charge < -0.3 is 19.9 Å². The van der Waals surface area contributed by atoms with Crippen LogP contribution in [0.4, 0.5) is 0 Å². The topological polar surface area (TPSA) is 105 Å². The SMILES string of the molecule is CCOC(=O)C(=CC(=O)OCCN)C(=O)OCC. The fourth-order valence-electron chi connectivity index (χ4n) is 0.938. The Morgan fingerprint density at radius 2 is 1.50 bits per heavy atom. The lowest BCUT2D eigenvalue weighted by atomic mass is 10.2. The molecule has 0 saturated heterocycles. The number of ether oxygens (including phenoxy) is 3. The maximum Gasteiger partial charge on any atom is 0.345 e. The Bertz CT molecular complexity index is 316. The number of carbonyl (C=O) groups is 3. The van der Waals surface area contributed by atoms with Crippen LogP contribution in [0, 0.1) is 0 Å². The van der Waals surface area contributed by atoms with Gasteiger partial charge in [-0.3, -0.25) is 0 Å². The van der Waals surface area contributed by atoms with Gasteiger partial charge in [-0.25, -0.2) is 14.4 Å². The van der Waals surface area contributed by atoms with Gasteiger partial charge in [-0.15, -0.1) is 0 Å². The summed E-state index contributed by atoms with van der Waals surface area (Å²) >= 11 is 0. The molecule has 7 heteroatoms. The molecule has 0 bridgehead atoms. The van der Waals surface area contributed by atoms with Crippen LogP contribution in [0.1, 0.15) is 13.8 Å². The lowest BCUT2D eigenvalue weighted by Gasteiger charge is -2.06. The molecule has 0 aromatic carbocycles. The monoisotopic (exact) mass is 259 g/mol. The van der Waals surface area contributed by atoms with Crippen molar-refractivity contribution in [2.45, 2.75) is 13.8 Å². The standard InChI is InChI=1S/C11H17NO6/c1-3-16-10(14)8(11(15)17-4-2)7-9(13)18-6-5-12/h7H,3-6,12H2,1-2H3. The van der Waals surface area contributed by atoms with Crippen LogP contribution < -0.4 is 5.73 Å². The highest BCUT2D eigenvalue weighted by Gasteiger charge is 2.22. The van der Waals surface area contributed by atoms with Crippen LogP contribution >= 0.6 is 0 Å². The van der Waals surface area contributed by atoms with Crippen molar-refractivity contribution in [3.8, 4) is 0 Å². The van der Waals surface area contributed by atoms with Gasteiger partial charge in [0.1, 0.15) is 6.61 Å². The van der Waals surface area contributed by atoms with Gasteiger partial charge in [0.05, 0.1) is 13.2 Å². The summed E-state index contributed by atoms with van der Waals surface area (Å²) in [7, 11) is 0. The Balaban J connectivity index is 4.84. The van der Waals surface area contributed by atoms with E-state index >= 15 is 0 Å². The summed E-state index contributed by atoms with van der Waals surface area (Å²) in [5, 5.41) is 0. The molecule has 102 valence electrons. The third-order valence-electron chi connectivity index (χ3n) is 1.62. The Kier molecular flexibility index (Phi) is 8.21. The van der Waals surface area contributed by atoms with Crippen LogP contribution in [-0.4, -0.2) is 44.3 Å². The van der Waals surface area contributed by atoms with Crippen LogP contribution in [-0.2, 0) is 28.6 Å². The summed E-state index contributed by atoms with van der Waals surface area (Å²) in [6.07, 6.45) is 0.742. The molecular weight excluding hydrogens is 242 g/mol. The summed E-state index contributed by atoms with van der Waals surface area (Å²) in [4.78, 5) is 34.2. The van der Waals surface area contributed by atoms with Gasteiger partial charge in [0, 0.05) is 12.6 Å². The van der Waals surface area contributed by atoms with Crippen LogP contribution in [0.25, 0.3) is 0 Å². The molecule has 0 aliphatic carbocycles. The molecule has 2 N–H and O–H groups in total. The molecule has 0 atom stereocenters. The molecule has 0 aromatic heterocycles. The van der Waals surface area contributed by atoms with Crippen molar-refractivity contribution in [3.05, 3.63) is 11.6 Å². The first-order chi connectivity index (χ1) is 8.56. The number of hydrogen-bond donors (Lipinski definition) is 1. The minimum Gasteiger partial charge on any atom is -0.462 e. The van der Waals surface area contributed by atoms with Gasteiger partial charge >= 0.3 is 17.9 Å². The summed E-state index contributed by atoms with van der Waals surface area (Å²) in [6.45, 7) is 3.45. The molecule has 0 aromatic rings. The minimum absolute atomic E-state index is 0.00569. The van der Waals surface area contributed by atoms with E-state index in [2.05, 4.69) is 14.2 Å². The van der Waals surface area contributed by atoms with Gasteiger partial charge in [0.25, 0.3) is 0 Å². The molecule has 0 unspecified atom stereocenters. The van der Waals surface area contributed by atoms with Crippen molar-refractivity contribution in [2.24, 2.45) is 5.73 Å². The number of nitrogens with two attached hydrogens (primary N) is 1. The molecule has 0 aliphatic rings. The Morgan fingerprint density at radius 1 is 1.00 bits per heavy atom. The minimum atomic E-state index is -0.930. The van der Waals surface area contributed by atoms with E-state index in [0.29, 0.717) is 0 Å². The van der Waals surface area contributed by atoms with Gasteiger partial charge in [0.2, 0.25) is 0 Å². The van der Waals surface area contributed by atoms with E-state index in [1.54, 1.807) is 13.8 Å². The van der Waals surface area contributed by atoms with Crippen LogP contribution in [0.2, 0.25) is 0 Å². The quantitative estimate of drug-likeness (QED) is 0.217. The third-order valence-corrected chi connectivity index (χ3v) is 1.62. The highest BCUT2D eigenvalue weighted by Crippen LogP contribution is 2.03. The molecule has 0 amide bonds. The summed E-state index contributed by atoms with van der Waals surface area (Å²) in [5.41, 5.74) is 4.64. The zero-order valence-corrected chi connectivity index (χ0v) is 10.4. The molecule has 0 saturated carbocycles. The van der Waals surface area contributed by atoms with Gasteiger partial charge in [-0.2, -0.15) is 0 Å². The first-order valence-corrected chi connectivity index (χ1v) is 5.49. The second kappa shape index (κ2) is 9.17. The second-order valence-corrected chi connectivity index (χ2v) is 2.96. The maximum absolute atomic E-state index is 11.4. The predicted molar refractivity (Wildman–Crippen MR) is 61.4 cm³/mol. The first-order valence-electron chi connectivity index (χ1n) is 5.49. The highest BCUT2D eigenvalue weighted by molar-refractivity contribution is 6.17. The number of hydrogen-bond acceptors (Lipinski definition) is 7. The average Bonchev–Trinajstić information content (AvgIpc) is 2.33. The molecule has 0 spiro atoms. The summed E-state index contributed by atoms with van der Waals surface area (Å²) in [6, 6.07) is 0. The fraction of sp³-hybridized carbons (Fsp3) is 0.545. The molecule has 18 heavy (non-hydrogen) atoms. The van der Waals surface area contributed by atoms with E-state index in [-0.39, 0.29) is 26.4 Å². The smallest absolute Gasteiger partial charge is 0.345 e. The average molecular weight is 259 g/mol. The van der Waals surface area contributed by atoms with Crippen molar-refractivity contribution in [2.75, 3.05) is 26.4 Å². The van der Waals surface area contributed by atoms with Crippen LogP contribution in [0.3, 0.4) is 0 Å². The maximum atomic E-state index is 11.4.